The average molecular weight is 170 g/mol. The Labute approximate surface area is 71.8 Å². The first-order valence-electron chi connectivity index (χ1n) is 4.39. The van der Waals surface area contributed by atoms with Crippen LogP contribution in [0.5, 0.6) is 0 Å². The molecule has 1 aliphatic carbocycles. The number of urea groups is 1. The molecule has 0 unspecified atom stereocenters. The van der Waals surface area contributed by atoms with Crippen LogP contribution < -0.4 is 5.48 Å². The van der Waals surface area contributed by atoms with Crippen LogP contribution in [0.15, 0.2) is 0 Å². The highest BCUT2D eigenvalue weighted by Crippen LogP contribution is 2.46. The zero-order chi connectivity index (χ0) is 8.60. The highest BCUT2D eigenvalue weighted by molar-refractivity contribution is 5.75. The molecule has 0 bridgehead atoms. The minimum Gasteiger partial charge on any atom is -0.317 e. The quantitative estimate of drug-likeness (QED) is 0.594. The molecule has 68 valence electrons. The fourth-order valence-electron chi connectivity index (χ4n) is 2.10. The van der Waals surface area contributed by atoms with Gasteiger partial charge in [0.2, 0.25) is 0 Å². The molecule has 2 fully saturated rings. The van der Waals surface area contributed by atoms with Crippen molar-refractivity contribution in [1.82, 2.24) is 10.4 Å². The summed E-state index contributed by atoms with van der Waals surface area (Å²) in [6.45, 7) is 0.884. The summed E-state index contributed by atoms with van der Waals surface area (Å²) in [5, 5.41) is 0. The van der Waals surface area contributed by atoms with E-state index < -0.39 is 0 Å². The number of carbonyl (C=O) groups excluding carboxylic acids is 1. The van der Waals surface area contributed by atoms with Crippen LogP contribution in [-0.4, -0.2) is 30.1 Å². The van der Waals surface area contributed by atoms with Crippen molar-refractivity contribution in [2.75, 3.05) is 13.7 Å². The van der Waals surface area contributed by atoms with Crippen molar-refractivity contribution in [1.29, 1.82) is 0 Å². The number of rotatable bonds is 1. The molecule has 4 nitrogen and oxygen atoms in total. The van der Waals surface area contributed by atoms with Gasteiger partial charge in [0.15, 0.2) is 0 Å². The summed E-state index contributed by atoms with van der Waals surface area (Å²) in [5.74, 6) is 0. The first-order valence-corrected chi connectivity index (χ1v) is 4.39. The van der Waals surface area contributed by atoms with E-state index in [-0.39, 0.29) is 11.6 Å². The molecule has 1 aliphatic heterocycles. The first kappa shape index (κ1) is 7.86. The van der Waals surface area contributed by atoms with Gasteiger partial charge in [0.05, 0.1) is 7.11 Å². The van der Waals surface area contributed by atoms with E-state index in [1.807, 2.05) is 4.90 Å². The summed E-state index contributed by atoms with van der Waals surface area (Å²) in [4.78, 5) is 17.8. The molecule has 0 radical (unpaired) electrons. The molecule has 1 saturated heterocycles. The maximum absolute atomic E-state index is 11.3. The van der Waals surface area contributed by atoms with Gasteiger partial charge < -0.3 is 4.90 Å². The Morgan fingerprint density at radius 2 is 2.25 bits per heavy atom. The predicted octanol–water partition coefficient (Wildman–Crippen LogP) is 0.886. The lowest BCUT2D eigenvalue weighted by atomic mass is 9.68. The minimum atomic E-state index is -0.0801. The molecule has 0 aromatic carbocycles. The molecule has 1 spiro atoms. The largest absolute Gasteiger partial charge is 0.341 e. The number of hydrogen-bond donors (Lipinski definition) is 1. The second-order valence-electron chi connectivity index (χ2n) is 3.59. The van der Waals surface area contributed by atoms with E-state index in [0.717, 1.165) is 6.54 Å². The Hall–Kier alpha value is -0.770. The van der Waals surface area contributed by atoms with E-state index in [1.54, 1.807) is 0 Å². The fourth-order valence-corrected chi connectivity index (χ4v) is 2.10. The molecule has 1 heterocycles. The van der Waals surface area contributed by atoms with Gasteiger partial charge >= 0.3 is 6.03 Å². The van der Waals surface area contributed by atoms with Gasteiger partial charge in [-0.05, 0) is 25.7 Å². The molecular formula is C8H14N2O2. The van der Waals surface area contributed by atoms with Gasteiger partial charge in [-0.25, -0.2) is 10.3 Å². The van der Waals surface area contributed by atoms with Gasteiger partial charge in [-0.3, -0.25) is 4.84 Å². The SMILES string of the molecule is CONC(=O)N1CCC12CCC2. The first-order chi connectivity index (χ1) is 5.78. The van der Waals surface area contributed by atoms with Crippen LogP contribution in [0.25, 0.3) is 0 Å². The van der Waals surface area contributed by atoms with Crippen LogP contribution >= 0.6 is 0 Å². The number of hydrogen-bond acceptors (Lipinski definition) is 2. The van der Waals surface area contributed by atoms with Gasteiger partial charge in [-0.15, -0.1) is 0 Å². The summed E-state index contributed by atoms with van der Waals surface area (Å²) >= 11 is 0. The number of likely N-dealkylation sites (tertiary alicyclic amines) is 1. The highest BCUT2D eigenvalue weighted by atomic mass is 16.6. The zero-order valence-corrected chi connectivity index (χ0v) is 7.30. The molecule has 2 amide bonds. The molecule has 1 N–H and O–H groups in total. The van der Waals surface area contributed by atoms with Gasteiger partial charge in [-0.1, -0.05) is 0 Å². The van der Waals surface area contributed by atoms with Crippen molar-refractivity contribution >= 4 is 6.03 Å². The summed E-state index contributed by atoms with van der Waals surface area (Å²) in [7, 11) is 1.46. The second-order valence-corrected chi connectivity index (χ2v) is 3.59. The summed E-state index contributed by atoms with van der Waals surface area (Å²) in [5.41, 5.74) is 2.58. The molecule has 4 heteroatoms. The normalized spacial score (nSPS) is 24.6. The van der Waals surface area contributed by atoms with Crippen LogP contribution in [-0.2, 0) is 4.84 Å². The lowest BCUT2D eigenvalue weighted by Crippen LogP contribution is -2.67. The van der Waals surface area contributed by atoms with Gasteiger partial charge in [0, 0.05) is 12.1 Å². The van der Waals surface area contributed by atoms with Crippen LogP contribution in [0.3, 0.4) is 0 Å². The van der Waals surface area contributed by atoms with Crippen molar-refractivity contribution in [3.63, 3.8) is 0 Å². The van der Waals surface area contributed by atoms with E-state index in [0.29, 0.717) is 0 Å². The third-order valence-electron chi connectivity index (χ3n) is 3.09. The molecule has 0 aromatic rings. The number of carbonyl (C=O) groups is 1. The van der Waals surface area contributed by atoms with Crippen molar-refractivity contribution < 1.29 is 9.63 Å². The lowest BCUT2D eigenvalue weighted by molar-refractivity contribution is -0.0500. The van der Waals surface area contributed by atoms with Crippen LogP contribution in [0.2, 0.25) is 0 Å². The molecule has 2 rings (SSSR count). The van der Waals surface area contributed by atoms with Crippen LogP contribution in [0, 0.1) is 0 Å². The Morgan fingerprint density at radius 1 is 1.50 bits per heavy atom. The summed E-state index contributed by atoms with van der Waals surface area (Å²) in [6.07, 6.45) is 4.77. The highest BCUT2D eigenvalue weighted by Gasteiger charge is 2.51. The van der Waals surface area contributed by atoms with Crippen LogP contribution in [0.1, 0.15) is 25.7 Å². The van der Waals surface area contributed by atoms with Crippen molar-refractivity contribution in [2.24, 2.45) is 0 Å². The summed E-state index contributed by atoms with van der Waals surface area (Å²) < 4.78 is 0. The van der Waals surface area contributed by atoms with E-state index in [9.17, 15) is 4.79 Å². The minimum absolute atomic E-state index is 0.0801. The number of nitrogens with one attached hydrogen (secondary N) is 1. The second kappa shape index (κ2) is 2.62. The van der Waals surface area contributed by atoms with Crippen molar-refractivity contribution in [3.05, 3.63) is 0 Å². The molecule has 0 aromatic heterocycles. The maximum Gasteiger partial charge on any atom is 0.341 e. The smallest absolute Gasteiger partial charge is 0.317 e. The average Bonchev–Trinajstić information content (AvgIpc) is 1.81. The third kappa shape index (κ3) is 0.909. The van der Waals surface area contributed by atoms with Gasteiger partial charge in [0.25, 0.3) is 0 Å². The van der Waals surface area contributed by atoms with Gasteiger partial charge in [-0.2, -0.15) is 0 Å². The lowest BCUT2D eigenvalue weighted by Gasteiger charge is -2.58. The molecule has 2 aliphatic rings. The van der Waals surface area contributed by atoms with Gasteiger partial charge in [0.1, 0.15) is 0 Å². The number of nitrogens with zero attached hydrogens (tertiary/aromatic N) is 1. The fraction of sp³-hybridized carbons (Fsp3) is 0.875. The number of amides is 2. The Balaban J connectivity index is 1.92. The number of hydroxylamine groups is 1. The Bertz CT molecular complexity index is 196. The van der Waals surface area contributed by atoms with E-state index in [2.05, 4.69) is 10.3 Å². The monoisotopic (exact) mass is 170 g/mol. The zero-order valence-electron chi connectivity index (χ0n) is 7.30. The Kier molecular flexibility index (Phi) is 1.72. The van der Waals surface area contributed by atoms with E-state index in [4.69, 9.17) is 0 Å². The molecular weight excluding hydrogens is 156 g/mol. The predicted molar refractivity (Wildman–Crippen MR) is 43.4 cm³/mol. The van der Waals surface area contributed by atoms with E-state index in [1.165, 1.54) is 32.8 Å². The molecule has 1 saturated carbocycles. The van der Waals surface area contributed by atoms with Crippen molar-refractivity contribution in [2.45, 2.75) is 31.2 Å². The third-order valence-corrected chi connectivity index (χ3v) is 3.09. The van der Waals surface area contributed by atoms with Crippen molar-refractivity contribution in [3.8, 4) is 0 Å². The maximum atomic E-state index is 11.3. The molecule has 0 atom stereocenters. The summed E-state index contributed by atoms with van der Waals surface area (Å²) in [6, 6.07) is -0.0801. The van der Waals surface area contributed by atoms with Crippen LogP contribution in [0.4, 0.5) is 4.79 Å². The van der Waals surface area contributed by atoms with E-state index >= 15 is 0 Å². The topological polar surface area (TPSA) is 41.6 Å². The standard InChI is InChI=1S/C8H14N2O2/c1-12-9-7(11)10-6-5-8(10)3-2-4-8/h2-6H2,1H3,(H,9,11). The Morgan fingerprint density at radius 3 is 2.58 bits per heavy atom. The molecule has 12 heavy (non-hydrogen) atoms.